The van der Waals surface area contributed by atoms with Crippen molar-refractivity contribution in [2.24, 2.45) is 0 Å². The van der Waals surface area contributed by atoms with Crippen LogP contribution < -0.4 is 10.2 Å². The van der Waals surface area contributed by atoms with E-state index in [9.17, 15) is 4.79 Å². The third-order valence-corrected chi connectivity index (χ3v) is 4.58. The summed E-state index contributed by atoms with van der Waals surface area (Å²) in [5.41, 5.74) is 2.45. The van der Waals surface area contributed by atoms with Gasteiger partial charge in [0.1, 0.15) is 11.5 Å². The Morgan fingerprint density at radius 3 is 2.86 bits per heavy atom. The fourth-order valence-corrected chi connectivity index (χ4v) is 3.17. The van der Waals surface area contributed by atoms with E-state index in [0.29, 0.717) is 19.0 Å². The van der Waals surface area contributed by atoms with Crippen molar-refractivity contribution in [3.8, 4) is 5.75 Å². The van der Waals surface area contributed by atoms with E-state index in [4.69, 9.17) is 9.47 Å². The normalized spacial score (nSPS) is 19.3. The van der Waals surface area contributed by atoms with E-state index in [1.54, 1.807) is 14.0 Å². The van der Waals surface area contributed by atoms with Crippen molar-refractivity contribution in [3.05, 3.63) is 23.8 Å². The smallest absolute Gasteiger partial charge is 0.183 e. The van der Waals surface area contributed by atoms with Crippen molar-refractivity contribution in [3.63, 3.8) is 0 Å². The van der Waals surface area contributed by atoms with Gasteiger partial charge < -0.3 is 14.3 Å². The monoisotopic (exact) mass is 288 g/mol. The summed E-state index contributed by atoms with van der Waals surface area (Å²) < 4.78 is 11.1. The minimum Gasteiger partial charge on any atom is -0.497 e. The summed E-state index contributed by atoms with van der Waals surface area (Å²) in [4.78, 5) is 11.3. The van der Waals surface area contributed by atoms with Crippen LogP contribution in [0.4, 0.5) is 0 Å². The molecule has 0 aromatic heterocycles. The lowest BCUT2D eigenvalue weighted by Crippen LogP contribution is -2.34. The lowest BCUT2D eigenvalue weighted by atomic mass is 9.38. The molecular formula is C17H25BO3. The SMILES string of the molecule is COc1ccc([C@@H](C)CC(C)=O)cc1B(C)C1CCOC1. The van der Waals surface area contributed by atoms with Gasteiger partial charge >= 0.3 is 0 Å². The molecule has 0 aliphatic carbocycles. The van der Waals surface area contributed by atoms with E-state index in [2.05, 4.69) is 25.9 Å². The van der Waals surface area contributed by atoms with Gasteiger partial charge in [0.15, 0.2) is 6.71 Å². The molecule has 1 aliphatic rings. The van der Waals surface area contributed by atoms with E-state index < -0.39 is 0 Å². The second kappa shape index (κ2) is 7.12. The summed E-state index contributed by atoms with van der Waals surface area (Å²) in [6.45, 7) is 8.11. The number of methoxy groups -OCH3 is 1. The zero-order valence-electron chi connectivity index (χ0n) is 13.5. The number of ketones is 1. The average molecular weight is 288 g/mol. The molecular weight excluding hydrogens is 263 g/mol. The number of hydrogen-bond acceptors (Lipinski definition) is 3. The van der Waals surface area contributed by atoms with Crippen LogP contribution in [0.1, 0.15) is 38.2 Å². The number of benzene rings is 1. The molecule has 0 bridgehead atoms. The van der Waals surface area contributed by atoms with Gasteiger partial charge in [0.2, 0.25) is 0 Å². The number of carbonyl (C=O) groups excluding carboxylic acids is 1. The van der Waals surface area contributed by atoms with Crippen LogP contribution in [0.3, 0.4) is 0 Å². The summed E-state index contributed by atoms with van der Waals surface area (Å²) in [6.07, 6.45) is 1.70. The first kappa shape index (κ1) is 16.1. The maximum absolute atomic E-state index is 11.3. The maximum Gasteiger partial charge on any atom is 0.183 e. The number of carbonyl (C=O) groups is 1. The predicted octanol–water partition coefficient (Wildman–Crippen LogP) is 2.90. The highest BCUT2D eigenvalue weighted by molar-refractivity contribution is 6.74. The Bertz CT molecular complexity index is 495. The Labute approximate surface area is 128 Å². The zero-order chi connectivity index (χ0) is 15.4. The lowest BCUT2D eigenvalue weighted by molar-refractivity contribution is -0.117. The molecule has 1 fully saturated rings. The fraction of sp³-hybridized carbons (Fsp3) is 0.588. The lowest BCUT2D eigenvalue weighted by Gasteiger charge is -2.20. The van der Waals surface area contributed by atoms with E-state index in [1.165, 1.54) is 11.0 Å². The molecule has 0 saturated carbocycles. The second-order valence-electron chi connectivity index (χ2n) is 6.22. The zero-order valence-corrected chi connectivity index (χ0v) is 13.5. The second-order valence-corrected chi connectivity index (χ2v) is 6.22. The third-order valence-electron chi connectivity index (χ3n) is 4.58. The molecule has 2 atom stereocenters. The highest BCUT2D eigenvalue weighted by atomic mass is 16.5. The summed E-state index contributed by atoms with van der Waals surface area (Å²) in [6, 6.07) is 6.33. The standard InChI is InChI=1S/C17H25BO3/c1-12(9-13(2)19)14-5-6-17(20-4)16(10-14)18(3)15-7-8-21-11-15/h5-6,10,12,15H,7-9,11H2,1-4H3/t12-,15?/m0/s1. The minimum atomic E-state index is 0.233. The molecule has 0 spiro atoms. The molecule has 1 aromatic carbocycles. The van der Waals surface area contributed by atoms with Crippen LogP contribution in [0.5, 0.6) is 5.75 Å². The van der Waals surface area contributed by atoms with Crippen LogP contribution in [0.2, 0.25) is 12.6 Å². The van der Waals surface area contributed by atoms with Crippen molar-refractivity contribution in [1.29, 1.82) is 0 Å². The predicted molar refractivity (Wildman–Crippen MR) is 87.1 cm³/mol. The van der Waals surface area contributed by atoms with Crippen molar-refractivity contribution < 1.29 is 14.3 Å². The molecule has 1 aliphatic heterocycles. The molecule has 4 heteroatoms. The molecule has 1 aromatic rings. The van der Waals surface area contributed by atoms with E-state index in [1.807, 2.05) is 6.07 Å². The first-order valence-corrected chi connectivity index (χ1v) is 7.78. The summed E-state index contributed by atoms with van der Waals surface area (Å²) in [5.74, 6) is 1.97. The molecule has 21 heavy (non-hydrogen) atoms. The number of Topliss-reactive ketones (excluding diaryl/α,β-unsaturated/α-hetero) is 1. The van der Waals surface area contributed by atoms with Gasteiger partial charge in [-0.05, 0) is 42.2 Å². The molecule has 114 valence electrons. The Kier molecular flexibility index (Phi) is 5.46. The van der Waals surface area contributed by atoms with Crippen LogP contribution in [-0.2, 0) is 9.53 Å². The average Bonchev–Trinajstić information content (AvgIpc) is 2.99. The highest BCUT2D eigenvalue weighted by Crippen LogP contribution is 2.27. The van der Waals surface area contributed by atoms with Crippen LogP contribution in [0.15, 0.2) is 18.2 Å². The van der Waals surface area contributed by atoms with Crippen LogP contribution >= 0.6 is 0 Å². The van der Waals surface area contributed by atoms with Gasteiger partial charge in [-0.25, -0.2) is 0 Å². The van der Waals surface area contributed by atoms with E-state index in [-0.39, 0.29) is 11.7 Å². The Morgan fingerprint density at radius 1 is 1.52 bits per heavy atom. The molecule has 3 nitrogen and oxygen atoms in total. The first-order chi connectivity index (χ1) is 10.0. The molecule has 0 radical (unpaired) electrons. The number of hydrogen-bond donors (Lipinski definition) is 0. The van der Waals surface area contributed by atoms with Crippen LogP contribution in [0.25, 0.3) is 0 Å². The number of ether oxygens (including phenoxy) is 2. The van der Waals surface area contributed by atoms with Crippen molar-refractivity contribution in [1.82, 2.24) is 0 Å². The molecule has 1 saturated heterocycles. The van der Waals surface area contributed by atoms with Gasteiger partial charge in [-0.2, -0.15) is 0 Å². The third kappa shape index (κ3) is 3.88. The van der Waals surface area contributed by atoms with Crippen LogP contribution in [0, 0.1) is 0 Å². The quantitative estimate of drug-likeness (QED) is 0.755. The fourth-order valence-electron chi connectivity index (χ4n) is 3.17. The van der Waals surface area contributed by atoms with Gasteiger partial charge in [-0.15, -0.1) is 0 Å². The molecule has 0 N–H and O–H groups in total. The molecule has 2 rings (SSSR count). The van der Waals surface area contributed by atoms with E-state index >= 15 is 0 Å². The van der Waals surface area contributed by atoms with Crippen LogP contribution in [-0.4, -0.2) is 32.8 Å². The summed E-state index contributed by atoms with van der Waals surface area (Å²) in [7, 11) is 1.72. The Balaban J connectivity index is 2.26. The molecule has 0 amide bonds. The minimum absolute atomic E-state index is 0.233. The topological polar surface area (TPSA) is 35.5 Å². The van der Waals surface area contributed by atoms with Crippen molar-refractivity contribution >= 4 is 18.0 Å². The van der Waals surface area contributed by atoms with Gasteiger partial charge in [-0.1, -0.05) is 25.9 Å². The summed E-state index contributed by atoms with van der Waals surface area (Å²) in [5, 5.41) is 0. The maximum atomic E-state index is 11.3. The summed E-state index contributed by atoms with van der Waals surface area (Å²) >= 11 is 0. The first-order valence-electron chi connectivity index (χ1n) is 7.78. The van der Waals surface area contributed by atoms with Gasteiger partial charge in [0, 0.05) is 19.6 Å². The molecule has 1 unspecified atom stereocenters. The van der Waals surface area contributed by atoms with Gasteiger partial charge in [-0.3, -0.25) is 0 Å². The van der Waals surface area contributed by atoms with Gasteiger partial charge in [0.05, 0.1) is 7.11 Å². The Morgan fingerprint density at radius 2 is 2.29 bits per heavy atom. The number of rotatable bonds is 6. The van der Waals surface area contributed by atoms with E-state index in [0.717, 1.165) is 25.4 Å². The van der Waals surface area contributed by atoms with Crippen molar-refractivity contribution in [2.75, 3.05) is 20.3 Å². The van der Waals surface area contributed by atoms with Gasteiger partial charge in [0.25, 0.3) is 0 Å². The largest absolute Gasteiger partial charge is 0.497 e. The van der Waals surface area contributed by atoms with Crippen molar-refractivity contribution in [2.45, 2.75) is 45.2 Å². The Hall–Kier alpha value is -1.29. The molecule has 1 heterocycles. The highest BCUT2D eigenvalue weighted by Gasteiger charge is 2.29.